The summed E-state index contributed by atoms with van der Waals surface area (Å²) in [5, 5.41) is 2.32. The number of anilines is 2. The van der Waals surface area contributed by atoms with Crippen molar-refractivity contribution in [2.75, 3.05) is 23.8 Å². The quantitative estimate of drug-likeness (QED) is 0.638. The number of sulfonamides is 1. The third-order valence-corrected chi connectivity index (χ3v) is 6.16. The fourth-order valence-electron chi connectivity index (χ4n) is 2.74. The molecule has 6 nitrogen and oxygen atoms in total. The molecule has 0 fully saturated rings. The number of hydrogen-bond donors (Lipinski definition) is 1. The molecule has 0 spiro atoms. The minimum absolute atomic E-state index is 0.0413. The highest BCUT2D eigenvalue weighted by Crippen LogP contribution is 2.31. The highest BCUT2D eigenvalue weighted by Gasteiger charge is 2.24. The lowest BCUT2D eigenvalue weighted by molar-refractivity contribution is 0.102. The predicted molar refractivity (Wildman–Crippen MR) is 109 cm³/mol. The number of benzene rings is 3. The summed E-state index contributed by atoms with van der Waals surface area (Å²) in [5.41, 5.74) is 0.278. The number of rotatable bonds is 6. The van der Waals surface area contributed by atoms with Crippen molar-refractivity contribution in [2.24, 2.45) is 0 Å². The van der Waals surface area contributed by atoms with Gasteiger partial charge in [-0.15, -0.1) is 0 Å². The molecule has 3 rings (SSSR count). The lowest BCUT2D eigenvalue weighted by atomic mass is 10.2. The van der Waals surface area contributed by atoms with Crippen molar-refractivity contribution >= 4 is 27.3 Å². The second-order valence-corrected chi connectivity index (χ2v) is 8.22. The Morgan fingerprint density at radius 1 is 1.00 bits per heavy atom. The molecule has 0 aromatic heterocycles. The van der Waals surface area contributed by atoms with E-state index in [1.165, 1.54) is 38.4 Å². The molecular formula is C21H18F2N2O4S. The van der Waals surface area contributed by atoms with Crippen LogP contribution in [0.2, 0.25) is 0 Å². The number of carbonyl (C=O) groups is 1. The monoisotopic (exact) mass is 432 g/mol. The Balaban J connectivity index is 1.82. The predicted octanol–water partition coefficient (Wildman–Crippen LogP) is 4.05. The zero-order valence-electron chi connectivity index (χ0n) is 16.1. The van der Waals surface area contributed by atoms with Crippen LogP contribution in [0.4, 0.5) is 20.2 Å². The highest BCUT2D eigenvalue weighted by molar-refractivity contribution is 7.92. The van der Waals surface area contributed by atoms with Crippen LogP contribution in [0.3, 0.4) is 0 Å². The Hall–Kier alpha value is -3.46. The molecule has 30 heavy (non-hydrogen) atoms. The van der Waals surface area contributed by atoms with Gasteiger partial charge in [0.25, 0.3) is 15.9 Å². The summed E-state index contributed by atoms with van der Waals surface area (Å²) in [5.74, 6) is -1.95. The first-order valence-electron chi connectivity index (χ1n) is 8.72. The van der Waals surface area contributed by atoms with Crippen molar-refractivity contribution in [3.05, 3.63) is 83.9 Å². The first kappa shape index (κ1) is 21.3. The van der Waals surface area contributed by atoms with Crippen LogP contribution < -0.4 is 14.4 Å². The van der Waals surface area contributed by atoms with Gasteiger partial charge in [0.15, 0.2) is 0 Å². The SMILES string of the molecule is COc1ccccc1N(C)S(=O)(=O)c1ccc(C(=O)Nc2ccc(F)cc2F)cc1. The molecule has 0 aliphatic carbocycles. The van der Waals surface area contributed by atoms with E-state index in [4.69, 9.17) is 4.74 Å². The van der Waals surface area contributed by atoms with E-state index in [-0.39, 0.29) is 16.1 Å². The molecule has 0 heterocycles. The normalized spacial score (nSPS) is 11.1. The summed E-state index contributed by atoms with van der Waals surface area (Å²) in [6.07, 6.45) is 0. The first-order valence-corrected chi connectivity index (χ1v) is 10.2. The maximum absolute atomic E-state index is 13.7. The molecule has 0 atom stereocenters. The van der Waals surface area contributed by atoms with Crippen LogP contribution in [0.25, 0.3) is 0 Å². The van der Waals surface area contributed by atoms with Crippen LogP contribution in [0, 0.1) is 11.6 Å². The molecular weight excluding hydrogens is 414 g/mol. The van der Waals surface area contributed by atoms with E-state index >= 15 is 0 Å². The average Bonchev–Trinajstić information content (AvgIpc) is 2.75. The number of nitrogens with one attached hydrogen (secondary N) is 1. The van der Waals surface area contributed by atoms with Gasteiger partial charge in [-0.2, -0.15) is 0 Å². The summed E-state index contributed by atoms with van der Waals surface area (Å²) in [4.78, 5) is 12.3. The van der Waals surface area contributed by atoms with Crippen molar-refractivity contribution < 1.29 is 26.7 Å². The summed E-state index contributed by atoms with van der Waals surface area (Å²) in [6.45, 7) is 0. The van der Waals surface area contributed by atoms with Crippen LogP contribution >= 0.6 is 0 Å². The van der Waals surface area contributed by atoms with Gasteiger partial charge in [0, 0.05) is 18.7 Å². The molecule has 0 unspecified atom stereocenters. The zero-order valence-corrected chi connectivity index (χ0v) is 16.9. The van der Waals surface area contributed by atoms with Gasteiger partial charge in [0.1, 0.15) is 17.4 Å². The van der Waals surface area contributed by atoms with Crippen molar-refractivity contribution in [1.82, 2.24) is 0 Å². The Morgan fingerprint density at radius 2 is 1.67 bits per heavy atom. The van der Waals surface area contributed by atoms with E-state index in [1.54, 1.807) is 24.3 Å². The van der Waals surface area contributed by atoms with E-state index in [2.05, 4.69) is 5.32 Å². The van der Waals surface area contributed by atoms with E-state index < -0.39 is 27.6 Å². The Labute approximate surface area is 172 Å². The van der Waals surface area contributed by atoms with E-state index in [0.717, 1.165) is 16.4 Å². The topological polar surface area (TPSA) is 75.7 Å². The first-order chi connectivity index (χ1) is 14.2. The van der Waals surface area contributed by atoms with Gasteiger partial charge in [-0.25, -0.2) is 17.2 Å². The smallest absolute Gasteiger partial charge is 0.264 e. The molecule has 0 aliphatic rings. The van der Waals surface area contributed by atoms with E-state index in [1.807, 2.05) is 0 Å². The summed E-state index contributed by atoms with van der Waals surface area (Å²) < 4.78 is 58.8. The standard InChI is InChI=1S/C21H18F2N2O4S/c1-25(19-5-3-4-6-20(19)29-2)30(27,28)16-10-7-14(8-11-16)21(26)24-18-12-9-15(22)13-17(18)23/h3-13H,1-2H3,(H,24,26). The fourth-order valence-corrected chi connectivity index (χ4v) is 3.95. The maximum atomic E-state index is 13.7. The van der Waals surface area contributed by atoms with Gasteiger partial charge in [-0.3, -0.25) is 9.10 Å². The molecule has 9 heteroatoms. The van der Waals surface area contributed by atoms with Gasteiger partial charge in [0.2, 0.25) is 0 Å². The number of amides is 1. The molecule has 0 aliphatic heterocycles. The number of para-hydroxylation sites is 2. The number of ether oxygens (including phenoxy) is 1. The van der Waals surface area contributed by atoms with Crippen LogP contribution in [-0.4, -0.2) is 28.5 Å². The van der Waals surface area contributed by atoms with E-state index in [0.29, 0.717) is 17.5 Å². The van der Waals surface area contributed by atoms with Crippen molar-refractivity contribution in [1.29, 1.82) is 0 Å². The number of nitrogens with zero attached hydrogens (tertiary/aromatic N) is 1. The average molecular weight is 432 g/mol. The van der Waals surface area contributed by atoms with Gasteiger partial charge >= 0.3 is 0 Å². The molecule has 1 amide bonds. The van der Waals surface area contributed by atoms with Gasteiger partial charge in [-0.05, 0) is 48.5 Å². The van der Waals surface area contributed by atoms with Crippen molar-refractivity contribution in [2.45, 2.75) is 4.90 Å². The van der Waals surface area contributed by atoms with Crippen LogP contribution in [0.5, 0.6) is 5.75 Å². The zero-order chi connectivity index (χ0) is 21.9. The molecule has 0 saturated carbocycles. The van der Waals surface area contributed by atoms with E-state index in [9.17, 15) is 22.0 Å². The Morgan fingerprint density at radius 3 is 2.30 bits per heavy atom. The molecule has 3 aromatic rings. The molecule has 0 bridgehead atoms. The highest BCUT2D eigenvalue weighted by atomic mass is 32.2. The lowest BCUT2D eigenvalue weighted by Gasteiger charge is -2.21. The lowest BCUT2D eigenvalue weighted by Crippen LogP contribution is -2.27. The summed E-state index contributed by atoms with van der Waals surface area (Å²) >= 11 is 0. The number of methoxy groups -OCH3 is 1. The van der Waals surface area contributed by atoms with Gasteiger partial charge in [-0.1, -0.05) is 12.1 Å². The minimum atomic E-state index is -3.92. The van der Waals surface area contributed by atoms with Crippen LogP contribution in [0.15, 0.2) is 71.6 Å². The minimum Gasteiger partial charge on any atom is -0.495 e. The molecule has 0 saturated heterocycles. The number of hydrogen-bond acceptors (Lipinski definition) is 4. The third-order valence-electron chi connectivity index (χ3n) is 4.38. The number of carbonyl (C=O) groups excluding carboxylic acids is 1. The molecule has 3 aromatic carbocycles. The molecule has 1 N–H and O–H groups in total. The van der Waals surface area contributed by atoms with Crippen LogP contribution in [-0.2, 0) is 10.0 Å². The number of halogens is 2. The third kappa shape index (κ3) is 4.25. The summed E-state index contributed by atoms with van der Waals surface area (Å²) in [7, 11) is -1.08. The van der Waals surface area contributed by atoms with Crippen molar-refractivity contribution in [3.8, 4) is 5.75 Å². The van der Waals surface area contributed by atoms with Gasteiger partial charge in [0.05, 0.1) is 23.4 Å². The van der Waals surface area contributed by atoms with Crippen molar-refractivity contribution in [3.63, 3.8) is 0 Å². The summed E-state index contributed by atoms with van der Waals surface area (Å²) in [6, 6.07) is 14.6. The second-order valence-electron chi connectivity index (χ2n) is 6.25. The maximum Gasteiger partial charge on any atom is 0.264 e. The van der Waals surface area contributed by atoms with Gasteiger partial charge < -0.3 is 10.1 Å². The largest absolute Gasteiger partial charge is 0.495 e. The second kappa shape index (κ2) is 8.50. The Kier molecular flexibility index (Phi) is 6.02. The molecule has 0 radical (unpaired) electrons. The fraction of sp³-hybridized carbons (Fsp3) is 0.0952. The Bertz CT molecular complexity index is 1180. The molecule has 156 valence electrons. The van der Waals surface area contributed by atoms with Crippen LogP contribution in [0.1, 0.15) is 10.4 Å².